The molecule has 0 heterocycles. The molecule has 0 aromatic carbocycles. The Morgan fingerprint density at radius 3 is 1.20 bits per heavy atom. The van der Waals surface area contributed by atoms with Gasteiger partial charge in [-0.25, -0.2) is 0 Å². The van der Waals surface area contributed by atoms with Crippen LogP contribution < -0.4 is 0 Å². The summed E-state index contributed by atoms with van der Waals surface area (Å²) in [5.74, 6) is 0. The lowest BCUT2D eigenvalue weighted by Gasteiger charge is -2.10. The van der Waals surface area contributed by atoms with Crippen molar-refractivity contribution in [2.45, 2.75) is 58.2 Å². The Balaban J connectivity index is 3.30. The van der Waals surface area contributed by atoms with Crippen LogP contribution in [0.15, 0.2) is 0 Å². The lowest BCUT2D eigenvalue weighted by Crippen LogP contribution is -2.09. The van der Waals surface area contributed by atoms with Crippen molar-refractivity contribution in [1.82, 2.24) is 0 Å². The van der Waals surface area contributed by atoms with E-state index in [4.69, 9.17) is 0 Å². The van der Waals surface area contributed by atoms with E-state index in [1.165, 1.54) is 19.3 Å². The zero-order chi connectivity index (χ0) is 7.82. The van der Waals surface area contributed by atoms with Crippen molar-refractivity contribution in [3.8, 4) is 0 Å². The molecular formula is C9H22Si. The molecule has 0 spiro atoms. The minimum atomic E-state index is -0.234. The standard InChI is InChI=1S/C9H22Si/c1-4-7-10(8-5-2)9-6-3/h10H,4-9H2,1-3H3. The summed E-state index contributed by atoms with van der Waals surface area (Å²) in [4.78, 5) is 0. The fourth-order valence-electron chi connectivity index (χ4n) is 1.66. The first-order valence-corrected chi connectivity index (χ1v) is 7.30. The van der Waals surface area contributed by atoms with Gasteiger partial charge in [-0.1, -0.05) is 58.2 Å². The van der Waals surface area contributed by atoms with Crippen LogP contribution in [0.5, 0.6) is 0 Å². The van der Waals surface area contributed by atoms with E-state index in [-0.39, 0.29) is 8.80 Å². The van der Waals surface area contributed by atoms with Gasteiger partial charge in [0.05, 0.1) is 0 Å². The summed E-state index contributed by atoms with van der Waals surface area (Å²) < 4.78 is 0. The maximum Gasteiger partial charge on any atom is 0.0367 e. The highest BCUT2D eigenvalue weighted by molar-refractivity contribution is 6.58. The Morgan fingerprint density at radius 2 is 1.00 bits per heavy atom. The van der Waals surface area contributed by atoms with Crippen molar-refractivity contribution in [3.05, 3.63) is 0 Å². The van der Waals surface area contributed by atoms with Gasteiger partial charge in [-0.2, -0.15) is 0 Å². The Bertz CT molecular complexity index is 47.5. The summed E-state index contributed by atoms with van der Waals surface area (Å²) in [5.41, 5.74) is 0. The monoisotopic (exact) mass is 158 g/mol. The van der Waals surface area contributed by atoms with E-state index in [0.717, 1.165) is 0 Å². The van der Waals surface area contributed by atoms with Crippen molar-refractivity contribution in [3.63, 3.8) is 0 Å². The lowest BCUT2D eigenvalue weighted by molar-refractivity contribution is 0.957. The molecule has 0 bridgehead atoms. The Kier molecular flexibility index (Phi) is 7.48. The van der Waals surface area contributed by atoms with E-state index in [9.17, 15) is 0 Å². The van der Waals surface area contributed by atoms with E-state index in [1.54, 1.807) is 18.1 Å². The summed E-state index contributed by atoms with van der Waals surface area (Å²) in [6, 6.07) is 4.76. The second kappa shape index (κ2) is 7.33. The summed E-state index contributed by atoms with van der Waals surface area (Å²) in [5, 5.41) is 0. The zero-order valence-electron chi connectivity index (χ0n) is 7.82. The minimum absolute atomic E-state index is 0.234. The molecule has 62 valence electrons. The Labute approximate surface area is 67.6 Å². The van der Waals surface area contributed by atoms with E-state index >= 15 is 0 Å². The largest absolute Gasteiger partial charge is 0.0657 e. The second-order valence-electron chi connectivity index (χ2n) is 3.23. The normalized spacial score (nSPS) is 10.8. The van der Waals surface area contributed by atoms with Crippen molar-refractivity contribution in [2.75, 3.05) is 0 Å². The van der Waals surface area contributed by atoms with Crippen LogP contribution in [0.25, 0.3) is 0 Å². The molecule has 0 aromatic heterocycles. The fourth-order valence-corrected chi connectivity index (χ4v) is 4.97. The molecule has 0 rings (SSSR count). The first-order valence-electron chi connectivity index (χ1n) is 4.85. The average molecular weight is 158 g/mol. The lowest BCUT2D eigenvalue weighted by atomic mass is 10.6. The first-order chi connectivity index (χ1) is 4.85. The van der Waals surface area contributed by atoms with Gasteiger partial charge < -0.3 is 0 Å². The third-order valence-electron chi connectivity index (χ3n) is 2.09. The molecule has 0 atom stereocenters. The molecule has 0 saturated heterocycles. The molecule has 0 aliphatic heterocycles. The van der Waals surface area contributed by atoms with Gasteiger partial charge in [0, 0.05) is 8.80 Å². The smallest absolute Gasteiger partial charge is 0.0367 e. The van der Waals surface area contributed by atoms with Crippen LogP contribution in [0.4, 0.5) is 0 Å². The molecule has 1 heteroatoms. The predicted molar refractivity (Wildman–Crippen MR) is 52.4 cm³/mol. The molecule has 10 heavy (non-hydrogen) atoms. The molecule has 0 amide bonds. The van der Waals surface area contributed by atoms with Crippen molar-refractivity contribution in [1.29, 1.82) is 0 Å². The summed E-state index contributed by atoms with van der Waals surface area (Å²) in [6.07, 6.45) is 4.28. The van der Waals surface area contributed by atoms with Gasteiger partial charge in [-0.05, 0) is 0 Å². The minimum Gasteiger partial charge on any atom is -0.0657 e. The SMILES string of the molecule is CCC[SiH](CCC)CCC. The van der Waals surface area contributed by atoms with E-state index in [1.807, 2.05) is 0 Å². The van der Waals surface area contributed by atoms with Crippen LogP contribution >= 0.6 is 0 Å². The maximum absolute atomic E-state index is 2.32. The molecule has 0 nitrogen and oxygen atoms in total. The highest BCUT2D eigenvalue weighted by Crippen LogP contribution is 2.11. The predicted octanol–water partition coefficient (Wildman–Crippen LogP) is 3.44. The molecular weight excluding hydrogens is 136 g/mol. The summed E-state index contributed by atoms with van der Waals surface area (Å²) in [7, 11) is -0.234. The molecule has 0 unspecified atom stereocenters. The fraction of sp³-hybridized carbons (Fsp3) is 1.00. The molecule has 0 radical (unpaired) electrons. The second-order valence-corrected chi connectivity index (χ2v) is 6.70. The number of rotatable bonds is 6. The Morgan fingerprint density at radius 1 is 0.700 bits per heavy atom. The van der Waals surface area contributed by atoms with Gasteiger partial charge in [0.15, 0.2) is 0 Å². The topological polar surface area (TPSA) is 0 Å². The molecule has 0 saturated carbocycles. The molecule has 0 aliphatic rings. The van der Waals surface area contributed by atoms with Gasteiger partial charge in [-0.3, -0.25) is 0 Å². The van der Waals surface area contributed by atoms with Crippen molar-refractivity contribution in [2.24, 2.45) is 0 Å². The van der Waals surface area contributed by atoms with E-state index < -0.39 is 0 Å². The third kappa shape index (κ3) is 5.04. The van der Waals surface area contributed by atoms with E-state index in [2.05, 4.69) is 20.8 Å². The van der Waals surface area contributed by atoms with Gasteiger partial charge in [0.2, 0.25) is 0 Å². The quantitative estimate of drug-likeness (QED) is 0.519. The van der Waals surface area contributed by atoms with E-state index in [0.29, 0.717) is 0 Å². The van der Waals surface area contributed by atoms with Gasteiger partial charge in [-0.15, -0.1) is 0 Å². The summed E-state index contributed by atoms with van der Waals surface area (Å²) >= 11 is 0. The molecule has 0 N–H and O–H groups in total. The zero-order valence-corrected chi connectivity index (χ0v) is 8.97. The van der Waals surface area contributed by atoms with Crippen LogP contribution in [0, 0.1) is 0 Å². The van der Waals surface area contributed by atoms with Crippen molar-refractivity contribution < 1.29 is 0 Å². The number of hydrogen-bond donors (Lipinski definition) is 0. The maximum atomic E-state index is 2.32. The molecule has 0 aromatic rings. The summed E-state index contributed by atoms with van der Waals surface area (Å²) in [6.45, 7) is 6.97. The molecule has 0 fully saturated rings. The Hall–Kier alpha value is 0.217. The highest BCUT2D eigenvalue weighted by atomic mass is 28.3. The molecule has 0 aliphatic carbocycles. The van der Waals surface area contributed by atoms with Gasteiger partial charge >= 0.3 is 0 Å². The number of hydrogen-bond acceptors (Lipinski definition) is 0. The first kappa shape index (κ1) is 10.2. The van der Waals surface area contributed by atoms with Crippen LogP contribution in [-0.2, 0) is 0 Å². The van der Waals surface area contributed by atoms with Crippen LogP contribution in [0.2, 0.25) is 18.1 Å². The average Bonchev–Trinajstić information content (AvgIpc) is 1.90. The third-order valence-corrected chi connectivity index (χ3v) is 6.27. The van der Waals surface area contributed by atoms with Crippen LogP contribution in [-0.4, -0.2) is 8.80 Å². The van der Waals surface area contributed by atoms with Gasteiger partial charge in [0.1, 0.15) is 0 Å². The highest BCUT2D eigenvalue weighted by Gasteiger charge is 2.05. The van der Waals surface area contributed by atoms with Crippen molar-refractivity contribution >= 4 is 8.80 Å². The van der Waals surface area contributed by atoms with Crippen LogP contribution in [0.1, 0.15) is 40.0 Å². The van der Waals surface area contributed by atoms with Crippen LogP contribution in [0.3, 0.4) is 0 Å². The van der Waals surface area contributed by atoms with Gasteiger partial charge in [0.25, 0.3) is 0 Å².